The third-order valence-corrected chi connectivity index (χ3v) is 4.49. The maximum atomic E-state index is 11.9. The van der Waals surface area contributed by atoms with Gasteiger partial charge in [0.2, 0.25) is 0 Å². The first-order valence-electron chi connectivity index (χ1n) is 8.80. The number of benzene rings is 2. The lowest BCUT2D eigenvalue weighted by molar-refractivity contribution is 0.0599. The van der Waals surface area contributed by atoms with E-state index in [9.17, 15) is 4.79 Å². The van der Waals surface area contributed by atoms with Crippen molar-refractivity contribution in [2.75, 3.05) is 17.7 Å². The monoisotopic (exact) mass is 394 g/mol. The maximum Gasteiger partial charge on any atom is 0.338 e. The molecule has 0 radical (unpaired) electrons. The molecule has 0 atom stereocenters. The Labute approximate surface area is 169 Å². The van der Waals surface area contributed by atoms with Crippen LogP contribution in [0, 0.1) is 13.8 Å². The molecule has 0 saturated heterocycles. The average molecular weight is 395 g/mol. The molecule has 1 aromatic heterocycles. The minimum absolute atomic E-state index is 0.361. The molecule has 1 heterocycles. The smallest absolute Gasteiger partial charge is 0.338 e. The summed E-state index contributed by atoms with van der Waals surface area (Å²) in [4.78, 5) is 11.9. The van der Waals surface area contributed by atoms with E-state index in [-0.39, 0.29) is 5.97 Å². The number of ether oxygens (including phenoxy) is 1. The van der Waals surface area contributed by atoms with E-state index >= 15 is 0 Å². The third kappa shape index (κ3) is 4.75. The van der Waals surface area contributed by atoms with Gasteiger partial charge in [0.05, 0.1) is 31.1 Å². The molecule has 0 fully saturated rings. The molecule has 144 valence electrons. The van der Waals surface area contributed by atoms with Crippen molar-refractivity contribution in [2.24, 2.45) is 0 Å². The van der Waals surface area contributed by atoms with Gasteiger partial charge < -0.3 is 15.4 Å². The number of esters is 1. The summed E-state index contributed by atoms with van der Waals surface area (Å²) < 4.78 is 6.58. The van der Waals surface area contributed by atoms with E-state index in [4.69, 9.17) is 17.0 Å². The summed E-state index contributed by atoms with van der Waals surface area (Å²) in [5, 5.41) is 11.2. The summed E-state index contributed by atoms with van der Waals surface area (Å²) in [5.41, 5.74) is 5.37. The number of hydrogen-bond donors (Lipinski definition) is 2. The van der Waals surface area contributed by atoms with Crippen molar-refractivity contribution < 1.29 is 9.53 Å². The molecule has 3 rings (SSSR count). The van der Waals surface area contributed by atoms with Crippen LogP contribution >= 0.6 is 12.2 Å². The van der Waals surface area contributed by atoms with E-state index in [2.05, 4.69) is 33.9 Å². The highest BCUT2D eigenvalue weighted by Gasteiger charge is 2.12. The average Bonchev–Trinajstić information content (AvgIpc) is 3.11. The van der Waals surface area contributed by atoms with Crippen LogP contribution in [0.25, 0.3) is 0 Å². The fourth-order valence-corrected chi connectivity index (χ4v) is 3.04. The molecule has 0 bridgehead atoms. The Kier molecular flexibility index (Phi) is 6.06. The highest BCUT2D eigenvalue weighted by atomic mass is 32.1. The van der Waals surface area contributed by atoms with Crippen molar-refractivity contribution in [2.45, 2.75) is 20.4 Å². The summed E-state index contributed by atoms with van der Waals surface area (Å²) >= 11 is 5.41. The molecule has 6 nitrogen and oxygen atoms in total. The molecular weight excluding hydrogens is 372 g/mol. The second kappa shape index (κ2) is 8.67. The van der Waals surface area contributed by atoms with Gasteiger partial charge >= 0.3 is 5.97 Å². The van der Waals surface area contributed by atoms with Crippen molar-refractivity contribution in [3.63, 3.8) is 0 Å². The highest BCUT2D eigenvalue weighted by molar-refractivity contribution is 7.80. The van der Waals surface area contributed by atoms with Crippen LogP contribution in [0.15, 0.2) is 54.9 Å². The Balaban J connectivity index is 1.67. The van der Waals surface area contributed by atoms with Crippen molar-refractivity contribution >= 4 is 34.7 Å². The fraction of sp³-hybridized carbons (Fsp3) is 0.190. The molecule has 3 aromatic rings. The van der Waals surface area contributed by atoms with Gasteiger partial charge in [0.15, 0.2) is 5.11 Å². The Morgan fingerprint density at radius 3 is 2.75 bits per heavy atom. The summed E-state index contributed by atoms with van der Waals surface area (Å²) in [6.07, 6.45) is 3.53. The number of anilines is 2. The molecule has 0 aliphatic heterocycles. The number of aryl methyl sites for hydroxylation is 2. The van der Waals surface area contributed by atoms with Gasteiger partial charge in [-0.25, -0.2) is 4.79 Å². The number of methoxy groups -OCH3 is 1. The predicted molar refractivity (Wildman–Crippen MR) is 115 cm³/mol. The van der Waals surface area contributed by atoms with E-state index < -0.39 is 0 Å². The van der Waals surface area contributed by atoms with Gasteiger partial charge in [-0.3, -0.25) is 4.68 Å². The Morgan fingerprint density at radius 2 is 1.96 bits per heavy atom. The molecule has 7 heteroatoms. The van der Waals surface area contributed by atoms with Crippen molar-refractivity contribution in [3.05, 3.63) is 77.1 Å². The first-order valence-corrected chi connectivity index (χ1v) is 9.21. The van der Waals surface area contributed by atoms with Gasteiger partial charge in [0.25, 0.3) is 0 Å². The Bertz CT molecular complexity index is 1010. The van der Waals surface area contributed by atoms with Crippen LogP contribution in [-0.4, -0.2) is 28.0 Å². The van der Waals surface area contributed by atoms with Crippen LogP contribution in [-0.2, 0) is 11.3 Å². The molecule has 0 amide bonds. The van der Waals surface area contributed by atoms with Crippen LogP contribution in [0.4, 0.5) is 11.4 Å². The molecule has 0 aliphatic carbocycles. The lowest BCUT2D eigenvalue weighted by Crippen LogP contribution is -2.19. The lowest BCUT2D eigenvalue weighted by Gasteiger charge is -2.12. The third-order valence-electron chi connectivity index (χ3n) is 4.29. The van der Waals surface area contributed by atoms with E-state index in [0.29, 0.717) is 17.2 Å². The van der Waals surface area contributed by atoms with Gasteiger partial charge in [0, 0.05) is 11.9 Å². The quantitative estimate of drug-likeness (QED) is 0.501. The summed E-state index contributed by atoms with van der Waals surface area (Å²) in [6, 6.07) is 13.5. The largest absolute Gasteiger partial charge is 0.465 e. The molecule has 0 unspecified atom stereocenters. The van der Waals surface area contributed by atoms with E-state index in [0.717, 1.165) is 28.1 Å². The van der Waals surface area contributed by atoms with E-state index in [1.54, 1.807) is 16.9 Å². The molecular formula is C21H22N4O2S. The number of rotatable bonds is 5. The lowest BCUT2D eigenvalue weighted by atomic mass is 10.1. The molecule has 0 aliphatic rings. The SMILES string of the molecule is COC(=O)c1ccccc1Cn1cc(NC(=S)Nc2cc(C)ccc2C)cn1. The molecule has 0 spiro atoms. The van der Waals surface area contributed by atoms with E-state index in [1.165, 1.54) is 7.11 Å². The zero-order valence-electron chi connectivity index (χ0n) is 16.0. The van der Waals surface area contributed by atoms with Gasteiger partial charge in [-0.2, -0.15) is 5.10 Å². The topological polar surface area (TPSA) is 68.2 Å². The number of aromatic nitrogens is 2. The zero-order chi connectivity index (χ0) is 20.1. The molecule has 2 N–H and O–H groups in total. The number of nitrogens with one attached hydrogen (secondary N) is 2. The van der Waals surface area contributed by atoms with Crippen LogP contribution in [0.1, 0.15) is 27.0 Å². The van der Waals surface area contributed by atoms with Crippen LogP contribution < -0.4 is 10.6 Å². The maximum absolute atomic E-state index is 11.9. The summed E-state index contributed by atoms with van der Waals surface area (Å²) in [7, 11) is 1.37. The Hall–Kier alpha value is -3.19. The van der Waals surface area contributed by atoms with Gasteiger partial charge in [-0.1, -0.05) is 30.3 Å². The predicted octanol–water partition coefficient (Wildman–Crippen LogP) is 4.14. The number of nitrogens with zero attached hydrogens (tertiary/aromatic N) is 2. The fourth-order valence-electron chi connectivity index (χ4n) is 2.81. The van der Waals surface area contributed by atoms with Gasteiger partial charge in [-0.05, 0) is 54.9 Å². The zero-order valence-corrected chi connectivity index (χ0v) is 16.8. The second-order valence-electron chi connectivity index (χ2n) is 6.47. The van der Waals surface area contributed by atoms with Crippen molar-refractivity contribution in [3.8, 4) is 0 Å². The second-order valence-corrected chi connectivity index (χ2v) is 6.88. The van der Waals surface area contributed by atoms with Crippen molar-refractivity contribution in [1.29, 1.82) is 0 Å². The minimum Gasteiger partial charge on any atom is -0.465 e. The Morgan fingerprint density at radius 1 is 1.18 bits per heavy atom. The van der Waals surface area contributed by atoms with Crippen LogP contribution in [0.2, 0.25) is 0 Å². The van der Waals surface area contributed by atoms with Crippen LogP contribution in [0.5, 0.6) is 0 Å². The highest BCUT2D eigenvalue weighted by Crippen LogP contribution is 2.17. The number of hydrogen-bond acceptors (Lipinski definition) is 4. The van der Waals surface area contributed by atoms with Crippen molar-refractivity contribution in [1.82, 2.24) is 9.78 Å². The normalized spacial score (nSPS) is 10.4. The van der Waals surface area contributed by atoms with Gasteiger partial charge in [-0.15, -0.1) is 0 Å². The molecule has 2 aromatic carbocycles. The first-order chi connectivity index (χ1) is 13.5. The van der Waals surface area contributed by atoms with Gasteiger partial charge in [0.1, 0.15) is 0 Å². The first kappa shape index (κ1) is 19.6. The number of carbonyl (C=O) groups is 1. The molecule has 0 saturated carbocycles. The number of carbonyl (C=O) groups excluding carboxylic acids is 1. The molecule has 28 heavy (non-hydrogen) atoms. The van der Waals surface area contributed by atoms with E-state index in [1.807, 2.05) is 38.2 Å². The summed E-state index contributed by atoms with van der Waals surface area (Å²) in [5.74, 6) is -0.361. The standard InChI is InChI=1S/C21H22N4O2S/c1-14-8-9-15(2)19(10-14)24-21(28)23-17-11-22-25(13-17)12-16-6-4-5-7-18(16)20(26)27-3/h4-11,13H,12H2,1-3H3,(H2,23,24,28). The minimum atomic E-state index is -0.361. The summed E-state index contributed by atoms with van der Waals surface area (Å²) in [6.45, 7) is 4.52. The van der Waals surface area contributed by atoms with Crippen LogP contribution in [0.3, 0.4) is 0 Å². The number of thiocarbonyl (C=S) groups is 1.